The molecule has 0 fully saturated rings. The van der Waals surface area contributed by atoms with Gasteiger partial charge in [-0.3, -0.25) is 0 Å². The number of hydrogen-bond donors (Lipinski definition) is 2. The first kappa shape index (κ1) is 12.9. The molecule has 0 radical (unpaired) electrons. The zero-order valence-electron chi connectivity index (χ0n) is 11.0. The molecule has 5 nitrogen and oxygen atoms in total. The van der Waals surface area contributed by atoms with Crippen molar-refractivity contribution in [2.75, 3.05) is 5.32 Å². The van der Waals surface area contributed by atoms with Crippen LogP contribution in [0.15, 0.2) is 36.8 Å². The summed E-state index contributed by atoms with van der Waals surface area (Å²) in [7, 11) is 0. The molecule has 0 aliphatic heterocycles. The number of aromatic nitrogens is 4. The van der Waals surface area contributed by atoms with Gasteiger partial charge in [-0.05, 0) is 18.6 Å². The van der Waals surface area contributed by atoms with Crippen molar-refractivity contribution < 1.29 is 0 Å². The lowest BCUT2D eigenvalue weighted by molar-refractivity contribution is 0.702. The molecule has 0 aliphatic carbocycles. The molecule has 2 aromatic heterocycles. The van der Waals surface area contributed by atoms with Crippen LogP contribution in [0.25, 0.3) is 11.0 Å². The molecule has 20 heavy (non-hydrogen) atoms. The van der Waals surface area contributed by atoms with Crippen LogP contribution in [-0.4, -0.2) is 19.9 Å². The largest absolute Gasteiger partial charge is 0.359 e. The van der Waals surface area contributed by atoms with Gasteiger partial charge in [0.2, 0.25) is 0 Å². The third-order valence-electron chi connectivity index (χ3n) is 3.12. The first-order valence-corrected chi connectivity index (χ1v) is 6.82. The van der Waals surface area contributed by atoms with Crippen molar-refractivity contribution in [2.45, 2.75) is 19.4 Å². The van der Waals surface area contributed by atoms with E-state index >= 15 is 0 Å². The molecular weight excluding hydrogens is 274 g/mol. The van der Waals surface area contributed by atoms with Gasteiger partial charge in [-0.2, -0.15) is 0 Å². The van der Waals surface area contributed by atoms with E-state index in [1.54, 1.807) is 6.20 Å². The summed E-state index contributed by atoms with van der Waals surface area (Å²) < 4.78 is 0. The van der Waals surface area contributed by atoms with Gasteiger partial charge in [0, 0.05) is 0 Å². The monoisotopic (exact) mass is 287 g/mol. The van der Waals surface area contributed by atoms with Gasteiger partial charge in [0.25, 0.3) is 0 Å². The topological polar surface area (TPSA) is 66.5 Å². The summed E-state index contributed by atoms with van der Waals surface area (Å²) in [4.78, 5) is 16.0. The Hall–Kier alpha value is -2.14. The van der Waals surface area contributed by atoms with E-state index in [1.807, 2.05) is 24.3 Å². The van der Waals surface area contributed by atoms with Gasteiger partial charge in [-0.15, -0.1) is 0 Å². The lowest BCUT2D eigenvalue weighted by atomic mass is 10.2. The van der Waals surface area contributed by atoms with Gasteiger partial charge in [0.15, 0.2) is 0 Å². The summed E-state index contributed by atoms with van der Waals surface area (Å²) >= 11 is 6.07. The maximum absolute atomic E-state index is 6.07. The highest BCUT2D eigenvalue weighted by atomic mass is 35.5. The van der Waals surface area contributed by atoms with Crippen LogP contribution in [-0.2, 0) is 0 Å². The van der Waals surface area contributed by atoms with Crippen molar-refractivity contribution in [1.29, 1.82) is 0 Å². The SMILES string of the molecule is CCC(Nc1ncncc1Cl)c1nc2ccccc2[nH]1. The number of rotatable bonds is 4. The van der Waals surface area contributed by atoms with Gasteiger partial charge in [-0.1, -0.05) is 30.7 Å². The van der Waals surface area contributed by atoms with Crippen molar-refractivity contribution in [2.24, 2.45) is 0 Å². The van der Waals surface area contributed by atoms with Crippen molar-refractivity contribution >= 4 is 28.5 Å². The number of para-hydroxylation sites is 2. The lowest BCUT2D eigenvalue weighted by Gasteiger charge is -2.15. The fraction of sp³-hybridized carbons (Fsp3) is 0.214. The summed E-state index contributed by atoms with van der Waals surface area (Å²) in [6.45, 7) is 2.08. The number of benzene rings is 1. The van der Waals surface area contributed by atoms with Gasteiger partial charge >= 0.3 is 0 Å². The molecule has 6 heteroatoms. The fourth-order valence-electron chi connectivity index (χ4n) is 2.09. The first-order valence-electron chi connectivity index (χ1n) is 6.44. The zero-order valence-corrected chi connectivity index (χ0v) is 11.7. The molecule has 2 N–H and O–H groups in total. The Labute approximate surface area is 121 Å². The first-order chi connectivity index (χ1) is 9.78. The number of fused-ring (bicyclic) bond motifs is 1. The number of anilines is 1. The Bertz CT molecular complexity index is 691. The van der Waals surface area contributed by atoms with E-state index in [0.717, 1.165) is 23.3 Å². The van der Waals surface area contributed by atoms with E-state index in [9.17, 15) is 0 Å². The normalized spacial score (nSPS) is 12.5. The number of aromatic amines is 1. The Morgan fingerprint density at radius 1 is 1.35 bits per heavy atom. The molecule has 0 aliphatic rings. The van der Waals surface area contributed by atoms with E-state index in [4.69, 9.17) is 11.6 Å². The molecule has 0 saturated carbocycles. The highest BCUT2D eigenvalue weighted by Gasteiger charge is 2.15. The highest BCUT2D eigenvalue weighted by molar-refractivity contribution is 6.32. The van der Waals surface area contributed by atoms with Crippen LogP contribution in [0.2, 0.25) is 5.02 Å². The maximum Gasteiger partial charge on any atom is 0.148 e. The molecule has 0 spiro atoms. The van der Waals surface area contributed by atoms with Gasteiger partial charge in [0.05, 0.1) is 23.3 Å². The Morgan fingerprint density at radius 2 is 2.20 bits per heavy atom. The maximum atomic E-state index is 6.07. The molecule has 0 amide bonds. The van der Waals surface area contributed by atoms with Crippen LogP contribution in [0.4, 0.5) is 5.82 Å². The van der Waals surface area contributed by atoms with Crippen LogP contribution < -0.4 is 5.32 Å². The number of halogens is 1. The zero-order chi connectivity index (χ0) is 13.9. The summed E-state index contributed by atoms with van der Waals surface area (Å²) in [6, 6.07) is 7.98. The minimum atomic E-state index is 0.0230. The van der Waals surface area contributed by atoms with E-state index in [2.05, 4.69) is 32.2 Å². The average molecular weight is 288 g/mol. The summed E-state index contributed by atoms with van der Waals surface area (Å²) in [5.74, 6) is 1.50. The van der Waals surface area contributed by atoms with Crippen LogP contribution >= 0.6 is 11.6 Å². The standard InChI is InChI=1S/C14H14ClN5/c1-2-10(18-13-9(15)7-16-8-17-13)14-19-11-5-3-4-6-12(11)20-14/h3-8,10H,2H2,1H3,(H,19,20)(H,16,17,18). The molecule has 2 heterocycles. The van der Waals surface area contributed by atoms with E-state index < -0.39 is 0 Å². The highest BCUT2D eigenvalue weighted by Crippen LogP contribution is 2.25. The predicted molar refractivity (Wildman–Crippen MR) is 79.8 cm³/mol. The van der Waals surface area contributed by atoms with Crippen LogP contribution in [0.3, 0.4) is 0 Å². The van der Waals surface area contributed by atoms with Crippen molar-refractivity contribution in [3.05, 3.63) is 47.6 Å². The quantitative estimate of drug-likeness (QED) is 0.770. The molecular formula is C14H14ClN5. The Balaban J connectivity index is 1.91. The molecule has 1 aromatic carbocycles. The molecule has 1 unspecified atom stereocenters. The molecule has 3 aromatic rings. The third kappa shape index (κ3) is 2.44. The van der Waals surface area contributed by atoms with Crippen LogP contribution in [0.1, 0.15) is 25.2 Å². The molecule has 102 valence electrons. The third-order valence-corrected chi connectivity index (χ3v) is 3.40. The summed E-state index contributed by atoms with van der Waals surface area (Å²) in [6.07, 6.45) is 3.90. The average Bonchev–Trinajstić information content (AvgIpc) is 2.90. The molecule has 0 saturated heterocycles. The molecule has 3 rings (SSSR count). The summed E-state index contributed by atoms with van der Waals surface area (Å²) in [5.41, 5.74) is 1.98. The van der Waals surface area contributed by atoms with Crippen molar-refractivity contribution in [3.63, 3.8) is 0 Å². The number of nitrogens with zero attached hydrogens (tertiary/aromatic N) is 3. The van der Waals surface area contributed by atoms with Crippen LogP contribution in [0, 0.1) is 0 Å². The summed E-state index contributed by atoms with van der Waals surface area (Å²) in [5, 5.41) is 3.80. The predicted octanol–water partition coefficient (Wildman–Crippen LogP) is 3.57. The second-order valence-corrected chi connectivity index (χ2v) is 4.87. The smallest absolute Gasteiger partial charge is 0.148 e. The van der Waals surface area contributed by atoms with Crippen LogP contribution in [0.5, 0.6) is 0 Å². The number of imidazole rings is 1. The number of nitrogens with one attached hydrogen (secondary N) is 2. The Morgan fingerprint density at radius 3 is 2.95 bits per heavy atom. The van der Waals surface area contributed by atoms with Gasteiger partial charge in [-0.25, -0.2) is 15.0 Å². The molecule has 1 atom stereocenters. The Kier molecular flexibility index (Phi) is 3.52. The number of hydrogen-bond acceptors (Lipinski definition) is 4. The minimum Gasteiger partial charge on any atom is -0.359 e. The van der Waals surface area contributed by atoms with Gasteiger partial charge < -0.3 is 10.3 Å². The second kappa shape index (κ2) is 5.46. The minimum absolute atomic E-state index is 0.0230. The number of H-pyrrole nitrogens is 1. The fourth-order valence-corrected chi connectivity index (χ4v) is 2.24. The van der Waals surface area contributed by atoms with Crippen molar-refractivity contribution in [1.82, 2.24) is 19.9 Å². The van der Waals surface area contributed by atoms with E-state index in [-0.39, 0.29) is 6.04 Å². The van der Waals surface area contributed by atoms with E-state index in [0.29, 0.717) is 10.8 Å². The van der Waals surface area contributed by atoms with E-state index in [1.165, 1.54) is 6.33 Å². The lowest BCUT2D eigenvalue weighted by Crippen LogP contribution is -2.12. The molecule has 0 bridgehead atoms. The second-order valence-electron chi connectivity index (χ2n) is 4.46. The van der Waals surface area contributed by atoms with Crippen molar-refractivity contribution in [3.8, 4) is 0 Å². The van der Waals surface area contributed by atoms with Gasteiger partial charge in [0.1, 0.15) is 23.0 Å².